The molecule has 0 atom stereocenters. The highest BCUT2D eigenvalue weighted by molar-refractivity contribution is 5.91. The molecule has 0 heterocycles. The maximum absolute atomic E-state index is 14.6. The van der Waals surface area contributed by atoms with Crippen molar-refractivity contribution in [2.24, 2.45) is 23.7 Å². The highest BCUT2D eigenvalue weighted by atomic mass is 19.1. The van der Waals surface area contributed by atoms with Crippen LogP contribution < -0.4 is 9.47 Å². The summed E-state index contributed by atoms with van der Waals surface area (Å²) in [7, 11) is 0. The molecule has 0 amide bonds. The molecule has 198 valence electrons. The van der Waals surface area contributed by atoms with Gasteiger partial charge in [0, 0.05) is 24.3 Å². The van der Waals surface area contributed by atoms with Crippen molar-refractivity contribution in [3.63, 3.8) is 0 Å². The molecular formula is C29H31F4NO3. The number of nitriles is 1. The fourth-order valence-corrected chi connectivity index (χ4v) is 5.81. The Morgan fingerprint density at radius 2 is 1.30 bits per heavy atom. The average Bonchev–Trinajstić information content (AvgIpc) is 2.87. The topological polar surface area (TPSA) is 59.3 Å². The number of nitrogens with zero attached hydrogens (tertiary/aromatic N) is 1. The van der Waals surface area contributed by atoms with E-state index in [1.165, 1.54) is 38.2 Å². The van der Waals surface area contributed by atoms with Crippen molar-refractivity contribution in [2.45, 2.75) is 64.7 Å². The predicted molar refractivity (Wildman–Crippen MR) is 129 cm³/mol. The lowest BCUT2D eigenvalue weighted by molar-refractivity contribution is 0.0723. The van der Waals surface area contributed by atoms with Crippen LogP contribution in [0.5, 0.6) is 11.5 Å². The number of halogens is 4. The van der Waals surface area contributed by atoms with E-state index in [2.05, 4.69) is 6.92 Å². The molecule has 2 aromatic rings. The Balaban J connectivity index is 1.30. The molecule has 2 fully saturated rings. The molecule has 0 aliphatic heterocycles. The summed E-state index contributed by atoms with van der Waals surface area (Å²) < 4.78 is 67.1. The molecule has 2 saturated carbocycles. The van der Waals surface area contributed by atoms with Crippen LogP contribution in [0.25, 0.3) is 0 Å². The van der Waals surface area contributed by atoms with Gasteiger partial charge in [0.2, 0.25) is 0 Å². The molecule has 0 unspecified atom stereocenters. The van der Waals surface area contributed by atoms with Gasteiger partial charge >= 0.3 is 5.97 Å². The minimum atomic E-state index is -1.46. The Bertz CT molecular complexity index is 1120. The van der Waals surface area contributed by atoms with Gasteiger partial charge in [-0.2, -0.15) is 5.26 Å². The number of carbonyl (C=O) groups is 1. The van der Waals surface area contributed by atoms with E-state index in [-0.39, 0.29) is 5.75 Å². The summed E-state index contributed by atoms with van der Waals surface area (Å²) >= 11 is 0. The number of esters is 1. The van der Waals surface area contributed by atoms with Gasteiger partial charge in [0.05, 0.1) is 6.61 Å². The Hall–Kier alpha value is -3.08. The minimum Gasteiger partial charge on any atom is -0.493 e. The molecule has 4 rings (SSSR count). The van der Waals surface area contributed by atoms with Crippen molar-refractivity contribution >= 4 is 5.97 Å². The van der Waals surface area contributed by atoms with Crippen molar-refractivity contribution in [3.05, 3.63) is 58.7 Å². The van der Waals surface area contributed by atoms with E-state index >= 15 is 0 Å². The lowest BCUT2D eigenvalue weighted by Gasteiger charge is -2.37. The van der Waals surface area contributed by atoms with E-state index in [4.69, 9.17) is 14.7 Å². The van der Waals surface area contributed by atoms with Crippen molar-refractivity contribution in [1.29, 1.82) is 5.26 Å². The largest absolute Gasteiger partial charge is 0.493 e. The average molecular weight is 518 g/mol. The number of rotatable bonds is 7. The van der Waals surface area contributed by atoms with E-state index in [0.717, 1.165) is 55.6 Å². The Labute approximate surface area is 214 Å². The highest BCUT2D eigenvalue weighted by Gasteiger charge is 2.31. The molecule has 2 aliphatic carbocycles. The van der Waals surface area contributed by atoms with Crippen LogP contribution in [-0.2, 0) is 0 Å². The molecule has 0 N–H and O–H groups in total. The molecule has 0 spiro atoms. The second-order valence-electron chi connectivity index (χ2n) is 10.3. The first-order chi connectivity index (χ1) is 17.8. The van der Waals surface area contributed by atoms with Crippen LogP contribution in [-0.4, -0.2) is 12.6 Å². The number of carbonyl (C=O) groups excluding carboxylic acids is 1. The van der Waals surface area contributed by atoms with Gasteiger partial charge < -0.3 is 9.47 Å². The van der Waals surface area contributed by atoms with E-state index in [9.17, 15) is 22.4 Å². The molecule has 2 aliphatic rings. The normalized spacial score (nSPS) is 23.8. The number of benzene rings is 2. The van der Waals surface area contributed by atoms with Crippen molar-refractivity contribution in [1.82, 2.24) is 0 Å². The number of ether oxygens (including phenoxy) is 2. The van der Waals surface area contributed by atoms with Gasteiger partial charge in [-0.05, 0) is 62.2 Å². The summed E-state index contributed by atoms with van der Waals surface area (Å²) in [6.45, 7) is 2.61. The van der Waals surface area contributed by atoms with E-state index in [1.807, 2.05) is 0 Å². The molecule has 2 aromatic carbocycles. The summed E-state index contributed by atoms with van der Waals surface area (Å²) in [4.78, 5) is 12.3. The predicted octanol–water partition coefficient (Wildman–Crippen LogP) is 7.74. The summed E-state index contributed by atoms with van der Waals surface area (Å²) in [5, 5.41) is 8.71. The van der Waals surface area contributed by atoms with Crippen LogP contribution in [0.1, 0.15) is 80.6 Å². The second-order valence-corrected chi connectivity index (χ2v) is 10.3. The molecule has 4 nitrogen and oxygen atoms in total. The maximum Gasteiger partial charge on any atom is 0.349 e. The third-order valence-corrected chi connectivity index (χ3v) is 8.07. The molecule has 0 bridgehead atoms. The number of hydrogen-bond donors (Lipinski definition) is 0. The van der Waals surface area contributed by atoms with Gasteiger partial charge in [-0.15, -0.1) is 0 Å². The number of hydrogen-bond acceptors (Lipinski definition) is 4. The van der Waals surface area contributed by atoms with E-state index < -0.39 is 46.1 Å². The van der Waals surface area contributed by atoms with Crippen molar-refractivity contribution in [3.8, 4) is 17.6 Å². The zero-order valence-corrected chi connectivity index (χ0v) is 20.9. The second kappa shape index (κ2) is 12.0. The fraction of sp³-hybridized carbons (Fsp3) is 0.517. The quantitative estimate of drug-likeness (QED) is 0.214. The van der Waals surface area contributed by atoms with Gasteiger partial charge in [-0.25, -0.2) is 22.4 Å². The van der Waals surface area contributed by atoms with Gasteiger partial charge in [0.15, 0.2) is 0 Å². The van der Waals surface area contributed by atoms with Gasteiger partial charge in [0.25, 0.3) is 0 Å². The molecule has 0 aromatic heterocycles. The van der Waals surface area contributed by atoms with Crippen LogP contribution in [0.3, 0.4) is 0 Å². The first-order valence-electron chi connectivity index (χ1n) is 13.0. The summed E-state index contributed by atoms with van der Waals surface area (Å²) in [5.41, 5.74) is -1.86. The van der Waals surface area contributed by atoms with Crippen LogP contribution in [0, 0.1) is 58.3 Å². The first-order valence-corrected chi connectivity index (χ1v) is 13.0. The molecule has 8 heteroatoms. The minimum absolute atomic E-state index is 0.0398. The van der Waals surface area contributed by atoms with E-state index in [0.29, 0.717) is 24.7 Å². The van der Waals surface area contributed by atoms with Crippen LogP contribution in [0.2, 0.25) is 0 Å². The van der Waals surface area contributed by atoms with Crippen LogP contribution >= 0.6 is 0 Å². The first kappa shape index (κ1) is 27.0. The van der Waals surface area contributed by atoms with Gasteiger partial charge in [-0.1, -0.05) is 26.2 Å². The lowest BCUT2D eigenvalue weighted by Crippen LogP contribution is -2.27. The standard InChI is InChI=1S/C29H31F4NO3/c1-2-17-3-7-19(8-4-17)20-9-5-18(6-10-20)16-36-21-11-26(32)28(27(33)12-21)29(35)37-22-13-24(30)23(15-34)25(31)14-22/h11-14,17-20H,2-10,16H2,1H3/t17-,18-,19-,20-. The highest BCUT2D eigenvalue weighted by Crippen LogP contribution is 2.42. The zero-order chi connectivity index (χ0) is 26.5. The Kier molecular flexibility index (Phi) is 8.73. The van der Waals surface area contributed by atoms with Gasteiger partial charge in [-0.3, -0.25) is 0 Å². The zero-order valence-electron chi connectivity index (χ0n) is 20.9. The summed E-state index contributed by atoms with van der Waals surface area (Å²) in [6.07, 6.45) is 10.9. The van der Waals surface area contributed by atoms with E-state index in [1.54, 1.807) is 0 Å². The third kappa shape index (κ3) is 6.44. The SMILES string of the molecule is CC[C@H]1CC[C@H]([C@H]2CC[C@H](COc3cc(F)c(C(=O)Oc4cc(F)c(C#N)c(F)c4)c(F)c3)CC2)CC1. The lowest BCUT2D eigenvalue weighted by atomic mass is 9.69. The van der Waals surface area contributed by atoms with Crippen LogP contribution in [0.4, 0.5) is 17.6 Å². The van der Waals surface area contributed by atoms with Crippen LogP contribution in [0.15, 0.2) is 24.3 Å². The maximum atomic E-state index is 14.6. The molecule has 37 heavy (non-hydrogen) atoms. The van der Waals surface area contributed by atoms with Crippen molar-refractivity contribution in [2.75, 3.05) is 6.61 Å². The van der Waals surface area contributed by atoms with Gasteiger partial charge in [0.1, 0.15) is 52.0 Å². The van der Waals surface area contributed by atoms with Crippen molar-refractivity contribution < 1.29 is 31.8 Å². The summed E-state index contributed by atoms with van der Waals surface area (Å²) in [6, 6.07) is 4.32. The molecule has 0 saturated heterocycles. The summed E-state index contributed by atoms with van der Waals surface area (Å²) in [5.74, 6) is -4.28. The monoisotopic (exact) mass is 517 g/mol. The Morgan fingerprint density at radius 1 is 0.811 bits per heavy atom. The molecular weight excluding hydrogens is 486 g/mol. The smallest absolute Gasteiger partial charge is 0.349 e. The molecule has 0 radical (unpaired) electrons. The Morgan fingerprint density at radius 3 is 1.78 bits per heavy atom. The fourth-order valence-electron chi connectivity index (χ4n) is 5.81. The third-order valence-electron chi connectivity index (χ3n) is 8.07.